The molecule has 0 atom stereocenters. The van der Waals surface area contributed by atoms with Crippen LogP contribution in [0.3, 0.4) is 0 Å². The summed E-state index contributed by atoms with van der Waals surface area (Å²) in [6.07, 6.45) is 1.43. The van der Waals surface area contributed by atoms with Gasteiger partial charge in [-0.1, -0.05) is 71.7 Å². The van der Waals surface area contributed by atoms with Gasteiger partial charge in [0.15, 0.2) is 6.61 Å². The molecule has 0 spiro atoms. The molecule has 4 aromatic rings. The van der Waals surface area contributed by atoms with Crippen LogP contribution >= 0.6 is 23.2 Å². The van der Waals surface area contributed by atoms with E-state index in [0.29, 0.717) is 22.1 Å². The van der Waals surface area contributed by atoms with E-state index < -0.39 is 11.9 Å². The van der Waals surface area contributed by atoms with E-state index in [-0.39, 0.29) is 17.2 Å². The molecule has 0 aliphatic heterocycles. The Morgan fingerprint density at radius 1 is 0.912 bits per heavy atom. The second kappa shape index (κ2) is 10.8. The van der Waals surface area contributed by atoms with Gasteiger partial charge in [-0.2, -0.15) is 5.10 Å². The second-order valence-electron chi connectivity index (χ2n) is 7.15. The van der Waals surface area contributed by atoms with Gasteiger partial charge in [0.2, 0.25) is 0 Å². The number of amides is 1. The quantitative estimate of drug-likeness (QED) is 0.151. The number of hydrogen-bond acceptors (Lipinski definition) is 5. The fraction of sp³-hybridized carbons (Fsp3) is 0.0385. The first kappa shape index (κ1) is 23.3. The van der Waals surface area contributed by atoms with E-state index in [4.69, 9.17) is 32.7 Å². The zero-order valence-electron chi connectivity index (χ0n) is 17.7. The molecular formula is C26H18Cl2N2O4. The summed E-state index contributed by atoms with van der Waals surface area (Å²) in [5.41, 5.74) is 3.23. The lowest BCUT2D eigenvalue weighted by atomic mass is 10.1. The predicted octanol–water partition coefficient (Wildman–Crippen LogP) is 5.89. The maximum absolute atomic E-state index is 12.4. The third-order valence-electron chi connectivity index (χ3n) is 4.73. The molecular weight excluding hydrogens is 475 g/mol. The fourth-order valence-corrected chi connectivity index (χ4v) is 3.64. The number of carbonyl (C=O) groups excluding carboxylic acids is 2. The maximum atomic E-state index is 12.4. The Hall–Kier alpha value is -3.87. The van der Waals surface area contributed by atoms with Crippen molar-refractivity contribution in [2.45, 2.75) is 0 Å². The van der Waals surface area contributed by atoms with Crippen molar-refractivity contribution in [1.29, 1.82) is 0 Å². The third-order valence-corrected chi connectivity index (χ3v) is 5.28. The number of benzene rings is 4. The molecule has 0 aliphatic carbocycles. The standard InChI is InChI=1S/C26H18Cl2N2O4/c27-19-11-12-22(23(28)14-19)26(32)34-20-8-3-5-17(13-20)15-29-30-25(31)16-33-24-10-4-7-18-6-1-2-9-21(18)24/h1-15H,16H2,(H,30,31)/b29-15-. The Kier molecular flexibility index (Phi) is 7.42. The van der Waals surface area contributed by atoms with Crippen LogP contribution in [0.15, 0.2) is 90.0 Å². The van der Waals surface area contributed by atoms with Gasteiger partial charge in [0, 0.05) is 10.4 Å². The molecule has 0 radical (unpaired) electrons. The second-order valence-corrected chi connectivity index (χ2v) is 7.99. The van der Waals surface area contributed by atoms with E-state index in [1.165, 1.54) is 18.3 Å². The molecule has 0 unspecified atom stereocenters. The molecule has 8 heteroatoms. The number of carbonyl (C=O) groups is 2. The zero-order chi connectivity index (χ0) is 23.9. The Bertz CT molecular complexity index is 1380. The van der Waals surface area contributed by atoms with E-state index in [1.54, 1.807) is 30.3 Å². The smallest absolute Gasteiger partial charge is 0.345 e. The average Bonchev–Trinajstić information content (AvgIpc) is 2.83. The highest BCUT2D eigenvalue weighted by Crippen LogP contribution is 2.25. The summed E-state index contributed by atoms with van der Waals surface area (Å²) >= 11 is 11.9. The van der Waals surface area contributed by atoms with Crippen molar-refractivity contribution < 1.29 is 19.1 Å². The highest BCUT2D eigenvalue weighted by molar-refractivity contribution is 6.36. The Morgan fingerprint density at radius 2 is 1.71 bits per heavy atom. The molecule has 6 nitrogen and oxygen atoms in total. The van der Waals surface area contributed by atoms with E-state index in [1.807, 2.05) is 42.5 Å². The minimum Gasteiger partial charge on any atom is -0.483 e. The zero-order valence-corrected chi connectivity index (χ0v) is 19.2. The van der Waals surface area contributed by atoms with Gasteiger partial charge in [0.25, 0.3) is 5.91 Å². The molecule has 0 bridgehead atoms. The summed E-state index contributed by atoms with van der Waals surface area (Å²) in [6.45, 7) is -0.190. The van der Waals surface area contributed by atoms with Crippen molar-refractivity contribution in [3.8, 4) is 11.5 Å². The summed E-state index contributed by atoms with van der Waals surface area (Å²) in [6, 6.07) is 24.6. The maximum Gasteiger partial charge on any atom is 0.345 e. The first-order valence-electron chi connectivity index (χ1n) is 10.2. The van der Waals surface area contributed by atoms with Crippen LogP contribution in [0, 0.1) is 0 Å². The first-order valence-corrected chi connectivity index (χ1v) is 10.9. The summed E-state index contributed by atoms with van der Waals surface area (Å²) in [5, 5.41) is 6.51. The molecule has 1 amide bonds. The van der Waals surface area contributed by atoms with Crippen molar-refractivity contribution in [2.75, 3.05) is 6.61 Å². The molecule has 0 aromatic heterocycles. The SMILES string of the molecule is O=C(COc1cccc2ccccc12)N/N=C\c1cccc(OC(=O)c2ccc(Cl)cc2Cl)c1. The average molecular weight is 493 g/mol. The van der Waals surface area contributed by atoms with Gasteiger partial charge >= 0.3 is 5.97 Å². The summed E-state index contributed by atoms with van der Waals surface area (Å²) in [4.78, 5) is 24.5. The number of halogens is 2. The molecule has 0 fully saturated rings. The van der Waals surface area contributed by atoms with Crippen LogP contribution in [0.5, 0.6) is 11.5 Å². The normalized spacial score (nSPS) is 10.9. The molecule has 0 saturated carbocycles. The molecule has 0 aliphatic rings. The van der Waals surface area contributed by atoms with Crippen molar-refractivity contribution in [3.05, 3.63) is 106 Å². The lowest BCUT2D eigenvalue weighted by Crippen LogP contribution is -2.24. The number of esters is 1. The topological polar surface area (TPSA) is 77.0 Å². The van der Waals surface area contributed by atoms with Crippen LogP contribution in [0.4, 0.5) is 0 Å². The number of ether oxygens (including phenoxy) is 2. The number of fused-ring (bicyclic) bond motifs is 1. The van der Waals surface area contributed by atoms with E-state index in [0.717, 1.165) is 10.8 Å². The Labute approximate surface area is 205 Å². The van der Waals surface area contributed by atoms with Crippen molar-refractivity contribution in [2.24, 2.45) is 5.10 Å². The number of hydrazone groups is 1. The van der Waals surface area contributed by atoms with Crippen LogP contribution < -0.4 is 14.9 Å². The summed E-state index contributed by atoms with van der Waals surface area (Å²) in [5.74, 6) is -0.114. The molecule has 0 saturated heterocycles. The monoisotopic (exact) mass is 492 g/mol. The highest BCUT2D eigenvalue weighted by Gasteiger charge is 2.13. The summed E-state index contributed by atoms with van der Waals surface area (Å²) < 4.78 is 11.0. The fourth-order valence-electron chi connectivity index (χ4n) is 3.15. The minimum atomic E-state index is -0.616. The van der Waals surface area contributed by atoms with Gasteiger partial charge in [-0.05, 0) is 47.3 Å². The van der Waals surface area contributed by atoms with Gasteiger partial charge in [-0.15, -0.1) is 0 Å². The molecule has 170 valence electrons. The third kappa shape index (κ3) is 5.92. The van der Waals surface area contributed by atoms with E-state index >= 15 is 0 Å². The number of nitrogens with one attached hydrogen (secondary N) is 1. The van der Waals surface area contributed by atoms with Crippen LogP contribution in [0.1, 0.15) is 15.9 Å². The van der Waals surface area contributed by atoms with Crippen LogP contribution in [-0.2, 0) is 4.79 Å². The number of rotatable bonds is 7. The summed E-state index contributed by atoms with van der Waals surface area (Å²) in [7, 11) is 0. The van der Waals surface area contributed by atoms with Crippen molar-refractivity contribution in [1.82, 2.24) is 5.43 Å². The number of hydrogen-bond donors (Lipinski definition) is 1. The largest absolute Gasteiger partial charge is 0.483 e. The Balaban J connectivity index is 1.32. The minimum absolute atomic E-state index is 0.190. The molecule has 4 rings (SSSR count). The molecule has 0 heterocycles. The van der Waals surface area contributed by atoms with Gasteiger partial charge in [0.1, 0.15) is 11.5 Å². The molecule has 4 aromatic carbocycles. The van der Waals surface area contributed by atoms with E-state index in [9.17, 15) is 9.59 Å². The van der Waals surface area contributed by atoms with E-state index in [2.05, 4.69) is 10.5 Å². The van der Waals surface area contributed by atoms with Crippen molar-refractivity contribution >= 4 is 52.1 Å². The molecule has 1 N–H and O–H groups in total. The Morgan fingerprint density at radius 3 is 2.56 bits per heavy atom. The van der Waals surface area contributed by atoms with Gasteiger partial charge < -0.3 is 9.47 Å². The lowest BCUT2D eigenvalue weighted by Gasteiger charge is -2.08. The van der Waals surface area contributed by atoms with Crippen LogP contribution in [0.25, 0.3) is 10.8 Å². The lowest BCUT2D eigenvalue weighted by molar-refractivity contribution is -0.123. The molecule has 34 heavy (non-hydrogen) atoms. The first-order chi connectivity index (χ1) is 16.5. The highest BCUT2D eigenvalue weighted by atomic mass is 35.5. The predicted molar refractivity (Wildman–Crippen MR) is 133 cm³/mol. The van der Waals surface area contributed by atoms with Crippen molar-refractivity contribution in [3.63, 3.8) is 0 Å². The van der Waals surface area contributed by atoms with Crippen LogP contribution in [-0.4, -0.2) is 24.7 Å². The van der Waals surface area contributed by atoms with Crippen LogP contribution in [0.2, 0.25) is 10.0 Å². The number of nitrogens with zero attached hydrogens (tertiary/aromatic N) is 1. The van der Waals surface area contributed by atoms with Gasteiger partial charge in [-0.3, -0.25) is 4.79 Å². The van der Waals surface area contributed by atoms with Gasteiger partial charge in [-0.25, -0.2) is 10.2 Å². The van der Waals surface area contributed by atoms with Gasteiger partial charge in [0.05, 0.1) is 16.8 Å².